The molecule has 0 spiro atoms. The Morgan fingerprint density at radius 3 is 2.85 bits per heavy atom. The monoisotopic (exact) mass is 583 g/mol. The maximum absolute atomic E-state index is 13.1. The first-order valence-electron chi connectivity index (χ1n) is 11.5. The maximum atomic E-state index is 13.1. The number of nitrogens with one attached hydrogen (secondary N) is 2. The number of carboxylic acid groups (broad SMARTS) is 1. The minimum absolute atomic E-state index is 0.140. The number of hydrogen-bond acceptors (Lipinski definition) is 12. The number of carbonyl (C=O) groups excluding carboxylic acids is 4. The molecule has 0 saturated carbocycles. The van der Waals surface area contributed by atoms with Crippen LogP contribution in [0.25, 0.3) is 11.3 Å². The van der Waals surface area contributed by atoms with Crippen molar-refractivity contribution in [2.75, 3.05) is 18.6 Å². The molecule has 1 saturated heterocycles. The molecular formula is C23H21N9O6S2. The third kappa shape index (κ3) is 4.98. The van der Waals surface area contributed by atoms with E-state index in [4.69, 9.17) is 16.3 Å². The third-order valence-corrected chi connectivity index (χ3v) is 8.07. The number of aromatic amines is 1. The first-order valence-corrected chi connectivity index (χ1v) is 13.5. The van der Waals surface area contributed by atoms with Crippen LogP contribution in [0.15, 0.2) is 52.4 Å². The van der Waals surface area contributed by atoms with Crippen molar-refractivity contribution in [3.05, 3.63) is 58.6 Å². The summed E-state index contributed by atoms with van der Waals surface area (Å²) in [5, 5.41) is 26.2. The molecule has 15 nitrogen and oxygen atoms in total. The van der Waals surface area contributed by atoms with Crippen molar-refractivity contribution in [2.45, 2.75) is 18.0 Å². The van der Waals surface area contributed by atoms with Crippen LogP contribution in [0.4, 0.5) is 5.13 Å². The van der Waals surface area contributed by atoms with E-state index in [0.29, 0.717) is 16.8 Å². The van der Waals surface area contributed by atoms with E-state index in [1.165, 1.54) is 30.3 Å². The Hall–Kier alpha value is -4.77. The molecule has 40 heavy (non-hydrogen) atoms. The van der Waals surface area contributed by atoms with E-state index < -0.39 is 35.1 Å². The lowest BCUT2D eigenvalue weighted by molar-refractivity contribution is -0.688. The predicted molar refractivity (Wildman–Crippen MR) is 140 cm³/mol. The number of nitrogens with zero attached hydrogens (tertiary/aromatic N) is 5. The largest absolute Gasteiger partial charge is 0.543 e. The van der Waals surface area contributed by atoms with Gasteiger partial charge in [0.2, 0.25) is 0 Å². The van der Waals surface area contributed by atoms with Crippen LogP contribution in [0.1, 0.15) is 16.2 Å². The normalized spacial score (nSPS) is 18.7. The number of primary amides is 1. The Morgan fingerprint density at radius 2 is 2.20 bits per heavy atom. The number of rotatable bonds is 9. The van der Waals surface area contributed by atoms with Crippen molar-refractivity contribution < 1.29 is 33.7 Å². The van der Waals surface area contributed by atoms with Gasteiger partial charge in [0, 0.05) is 22.8 Å². The van der Waals surface area contributed by atoms with Gasteiger partial charge in [-0.2, -0.15) is 5.10 Å². The molecule has 206 valence electrons. The summed E-state index contributed by atoms with van der Waals surface area (Å²) >= 11 is 2.41. The van der Waals surface area contributed by atoms with Gasteiger partial charge in [0.05, 0.1) is 22.9 Å². The van der Waals surface area contributed by atoms with Crippen molar-refractivity contribution in [3.8, 4) is 11.3 Å². The van der Waals surface area contributed by atoms with Crippen LogP contribution >= 0.6 is 23.1 Å². The third-order valence-electron chi connectivity index (χ3n) is 6.06. The Morgan fingerprint density at radius 1 is 1.40 bits per heavy atom. The minimum atomic E-state index is -1.51. The number of β-lactam (4-membered cyclic amide) rings is 1. The van der Waals surface area contributed by atoms with E-state index >= 15 is 0 Å². The van der Waals surface area contributed by atoms with Crippen molar-refractivity contribution in [2.24, 2.45) is 10.9 Å². The number of carbonyl (C=O) groups is 4. The maximum Gasteiger partial charge on any atom is 0.276 e. The van der Waals surface area contributed by atoms with Gasteiger partial charge < -0.3 is 31.5 Å². The average molecular weight is 584 g/mol. The molecule has 0 aromatic carbocycles. The van der Waals surface area contributed by atoms with Crippen LogP contribution in [0.5, 0.6) is 0 Å². The molecule has 3 amide bonds. The molecule has 17 heteroatoms. The highest BCUT2D eigenvalue weighted by Gasteiger charge is 2.53. The summed E-state index contributed by atoms with van der Waals surface area (Å²) in [6.07, 6.45) is 3.45. The van der Waals surface area contributed by atoms with Crippen LogP contribution in [0.2, 0.25) is 0 Å². The lowest BCUT2D eigenvalue weighted by atomic mass is 10.0. The second-order valence-corrected chi connectivity index (χ2v) is 10.6. The SMILES string of the molecule is CO/N=C(/C(=O)N[C@@H]1C(=O)N2C(C(=O)[O-])=C(C[n+]3cccc(-c4cc(C(N)=O)[nH]n4)c3)CS[C@H]12)c1csc(N)n1. The van der Waals surface area contributed by atoms with Gasteiger partial charge in [0.15, 0.2) is 29.8 Å². The van der Waals surface area contributed by atoms with Crippen molar-refractivity contribution in [1.82, 2.24) is 25.4 Å². The smallest absolute Gasteiger partial charge is 0.276 e. The van der Waals surface area contributed by atoms with E-state index in [0.717, 1.165) is 16.2 Å². The molecule has 0 bridgehead atoms. The quantitative estimate of drug-likeness (QED) is 0.0933. The molecule has 1 fully saturated rings. The fourth-order valence-electron chi connectivity index (χ4n) is 4.28. The number of pyridine rings is 1. The number of thioether (sulfide) groups is 1. The highest BCUT2D eigenvalue weighted by molar-refractivity contribution is 8.00. The molecule has 0 unspecified atom stereocenters. The lowest BCUT2D eigenvalue weighted by Gasteiger charge is -2.50. The molecule has 2 atom stereocenters. The van der Waals surface area contributed by atoms with Crippen molar-refractivity contribution in [1.29, 1.82) is 0 Å². The first kappa shape index (κ1) is 26.8. The molecule has 2 aliphatic rings. The lowest BCUT2D eigenvalue weighted by Crippen LogP contribution is -2.71. The molecule has 5 heterocycles. The molecule has 3 aromatic heterocycles. The molecule has 6 N–H and O–H groups in total. The van der Waals surface area contributed by atoms with Crippen LogP contribution in [-0.4, -0.2) is 73.8 Å². The zero-order valence-corrected chi connectivity index (χ0v) is 22.3. The van der Waals surface area contributed by atoms with Crippen molar-refractivity contribution in [3.63, 3.8) is 0 Å². The number of H-pyrrole nitrogens is 1. The number of nitrogens with two attached hydrogens (primary N) is 2. The topological polar surface area (TPSA) is 226 Å². The van der Waals surface area contributed by atoms with Gasteiger partial charge in [0.25, 0.3) is 17.7 Å². The van der Waals surface area contributed by atoms with Crippen LogP contribution in [-0.2, 0) is 25.8 Å². The number of anilines is 1. The van der Waals surface area contributed by atoms with Crippen LogP contribution in [0.3, 0.4) is 0 Å². The molecule has 0 aliphatic carbocycles. The molecule has 5 rings (SSSR count). The fourth-order valence-corrected chi connectivity index (χ4v) is 6.17. The summed E-state index contributed by atoms with van der Waals surface area (Å²) in [6, 6.07) is 4.02. The highest BCUT2D eigenvalue weighted by atomic mass is 32.2. The number of fused-ring (bicyclic) bond motifs is 1. The van der Waals surface area contributed by atoms with E-state index in [9.17, 15) is 24.3 Å². The highest BCUT2D eigenvalue weighted by Crippen LogP contribution is 2.40. The second kappa shape index (κ2) is 10.8. The van der Waals surface area contributed by atoms with Gasteiger partial charge in [0.1, 0.15) is 29.9 Å². The number of oxime groups is 1. The van der Waals surface area contributed by atoms with Crippen molar-refractivity contribution >= 4 is 57.6 Å². The van der Waals surface area contributed by atoms with E-state index in [-0.39, 0.29) is 40.2 Å². The number of carboxylic acids is 1. The summed E-state index contributed by atoms with van der Waals surface area (Å²) in [7, 11) is 1.26. The summed E-state index contributed by atoms with van der Waals surface area (Å²) in [5.41, 5.74) is 12.4. The number of aromatic nitrogens is 4. The van der Waals surface area contributed by atoms with Gasteiger partial charge in [-0.05, 0) is 12.1 Å². The average Bonchev–Trinajstić information content (AvgIpc) is 3.60. The number of thiazole rings is 1. The number of aliphatic carboxylic acids is 1. The summed E-state index contributed by atoms with van der Waals surface area (Å²) in [6.45, 7) is 0.140. The van der Waals surface area contributed by atoms with E-state index in [1.54, 1.807) is 29.1 Å². The summed E-state index contributed by atoms with van der Waals surface area (Å²) in [5.74, 6) is -3.22. The summed E-state index contributed by atoms with van der Waals surface area (Å²) < 4.78 is 1.73. The first-order chi connectivity index (χ1) is 19.2. The Balaban J connectivity index is 1.34. The van der Waals surface area contributed by atoms with E-state index in [1.807, 2.05) is 0 Å². The Kier molecular flexibility index (Phi) is 7.22. The van der Waals surface area contributed by atoms with Crippen LogP contribution in [0, 0.1) is 0 Å². The molecule has 0 radical (unpaired) electrons. The standard InChI is InChI=1S/C23H21N9O6S2/c1-38-30-15(14-9-40-23(25)26-14)19(34)27-16-20(35)32-17(22(36)37)11(8-39-21(16)32)7-31-4-2-3-10(6-31)12-5-13(18(24)33)29-28-12/h2-6,9,16,21H,7-8H2,1H3,(H6-,24,25,26,27,28,29,33,34,36,37)/b30-15+/t16-,21-/m1/s1. The molecule has 3 aromatic rings. The van der Waals surface area contributed by atoms with E-state index in [2.05, 4.69) is 25.7 Å². The van der Waals surface area contributed by atoms with Crippen LogP contribution < -0.4 is 26.5 Å². The molecular weight excluding hydrogens is 562 g/mol. The van der Waals surface area contributed by atoms with Gasteiger partial charge >= 0.3 is 0 Å². The van der Waals surface area contributed by atoms with Gasteiger partial charge in [-0.25, -0.2) is 9.55 Å². The number of amides is 3. The van der Waals surface area contributed by atoms with Gasteiger partial charge in [-0.3, -0.25) is 24.4 Å². The molecule has 2 aliphatic heterocycles. The number of nitrogen functional groups attached to an aromatic ring is 1. The zero-order valence-electron chi connectivity index (χ0n) is 20.7. The fraction of sp³-hybridized carbons (Fsp3) is 0.217. The Labute approximate surface area is 233 Å². The Bertz CT molecular complexity index is 1600. The minimum Gasteiger partial charge on any atom is -0.543 e. The van der Waals surface area contributed by atoms with Gasteiger partial charge in [-0.1, -0.05) is 5.16 Å². The zero-order chi connectivity index (χ0) is 28.6. The van der Waals surface area contributed by atoms with Gasteiger partial charge in [-0.15, -0.1) is 23.1 Å². The summed E-state index contributed by atoms with van der Waals surface area (Å²) in [4.78, 5) is 59.4. The number of hydrogen-bond donors (Lipinski definition) is 4. The second-order valence-electron chi connectivity index (χ2n) is 8.59. The predicted octanol–water partition coefficient (Wildman–Crippen LogP) is -2.04.